The Balaban J connectivity index is 2.30. The van der Waals surface area contributed by atoms with E-state index in [1.165, 1.54) is 6.92 Å². The van der Waals surface area contributed by atoms with Gasteiger partial charge >= 0.3 is 5.97 Å². The fourth-order valence-electron chi connectivity index (χ4n) is 2.49. The number of nitrogens with zero attached hydrogens (tertiary/aromatic N) is 1. The van der Waals surface area contributed by atoms with Crippen LogP contribution in [-0.4, -0.2) is 47.9 Å². The average molecular weight is 393 g/mol. The number of hydrogen-bond donors (Lipinski definition) is 0. The molecule has 1 atom stereocenters. The molecule has 1 aliphatic heterocycles. The number of thioether (sulfide) groups is 1. The van der Waals surface area contributed by atoms with Crippen molar-refractivity contribution in [2.45, 2.75) is 33.7 Å². The van der Waals surface area contributed by atoms with Crippen molar-refractivity contribution in [2.24, 2.45) is 0 Å². The summed E-state index contributed by atoms with van der Waals surface area (Å²) in [4.78, 5) is 37.9. The van der Waals surface area contributed by atoms with Crippen molar-refractivity contribution in [1.29, 1.82) is 0 Å². The van der Waals surface area contributed by atoms with Crippen LogP contribution in [0.5, 0.6) is 11.5 Å². The van der Waals surface area contributed by atoms with E-state index in [-0.39, 0.29) is 11.5 Å². The van der Waals surface area contributed by atoms with Gasteiger partial charge < -0.3 is 14.2 Å². The predicted molar refractivity (Wildman–Crippen MR) is 103 cm³/mol. The van der Waals surface area contributed by atoms with Gasteiger partial charge in [-0.15, -0.1) is 0 Å². The summed E-state index contributed by atoms with van der Waals surface area (Å²) >= 11 is 0.786. The number of rotatable bonds is 8. The Hall–Kier alpha value is -2.48. The molecule has 27 heavy (non-hydrogen) atoms. The maximum Gasteiger partial charge on any atom is 0.329 e. The summed E-state index contributed by atoms with van der Waals surface area (Å²) in [6.07, 6.45) is 1.59. The molecular formula is C19H23NO6S. The third-order valence-electron chi connectivity index (χ3n) is 3.72. The van der Waals surface area contributed by atoms with E-state index in [9.17, 15) is 14.4 Å². The smallest absolute Gasteiger partial charge is 0.329 e. The summed E-state index contributed by atoms with van der Waals surface area (Å²) in [5.74, 6) is 0.0647. The van der Waals surface area contributed by atoms with E-state index in [1.54, 1.807) is 31.2 Å². The second-order valence-electron chi connectivity index (χ2n) is 5.55. The third kappa shape index (κ3) is 4.82. The molecule has 7 nitrogen and oxygen atoms in total. The zero-order valence-corrected chi connectivity index (χ0v) is 16.6. The number of esters is 1. The molecule has 2 amide bonds. The van der Waals surface area contributed by atoms with Crippen LogP contribution in [0.15, 0.2) is 23.1 Å². The summed E-state index contributed by atoms with van der Waals surface area (Å²) in [5.41, 5.74) is 0.648. The molecular weight excluding hydrogens is 370 g/mol. The van der Waals surface area contributed by atoms with Gasteiger partial charge in [0.05, 0.1) is 24.7 Å². The summed E-state index contributed by atoms with van der Waals surface area (Å²) in [5, 5.41) is -0.504. The minimum absolute atomic E-state index is 0.180. The van der Waals surface area contributed by atoms with E-state index in [2.05, 4.69) is 0 Å². The summed E-state index contributed by atoms with van der Waals surface area (Å²) in [7, 11) is 0. The van der Waals surface area contributed by atoms with Crippen molar-refractivity contribution in [3.63, 3.8) is 0 Å². The van der Waals surface area contributed by atoms with E-state index in [4.69, 9.17) is 14.2 Å². The highest BCUT2D eigenvalue weighted by atomic mass is 32.2. The topological polar surface area (TPSA) is 82.1 Å². The van der Waals surface area contributed by atoms with E-state index >= 15 is 0 Å². The van der Waals surface area contributed by atoms with Gasteiger partial charge in [-0.1, -0.05) is 0 Å². The molecule has 1 saturated heterocycles. The van der Waals surface area contributed by atoms with E-state index < -0.39 is 23.2 Å². The Kier molecular flexibility index (Phi) is 7.29. The zero-order chi connectivity index (χ0) is 20.0. The average Bonchev–Trinajstić information content (AvgIpc) is 2.91. The standard InChI is InChI=1S/C19H23NO6S/c1-5-24-14-9-8-13(15(11-14)25-6-2)10-16-17(21)20(19(23)27-16)12(4)18(22)26-7-3/h8-12H,5-7H2,1-4H3/b16-10-/t12-/m1/s1. The molecule has 146 valence electrons. The minimum atomic E-state index is -0.977. The van der Waals surface area contributed by atoms with Gasteiger partial charge in [0, 0.05) is 11.6 Å². The molecule has 1 aromatic rings. The van der Waals surface area contributed by atoms with E-state index in [1.807, 2.05) is 13.8 Å². The molecule has 0 spiro atoms. The Bertz CT molecular complexity index is 761. The molecule has 0 saturated carbocycles. The molecule has 0 aliphatic carbocycles. The Morgan fingerprint density at radius 3 is 2.48 bits per heavy atom. The number of imide groups is 1. The molecule has 0 aromatic heterocycles. The lowest BCUT2D eigenvalue weighted by atomic mass is 10.1. The Morgan fingerprint density at radius 1 is 1.15 bits per heavy atom. The van der Waals surface area contributed by atoms with Gasteiger partial charge in [-0.25, -0.2) is 4.79 Å². The van der Waals surface area contributed by atoms with Gasteiger partial charge in [-0.3, -0.25) is 14.5 Å². The van der Waals surface area contributed by atoms with Crippen molar-refractivity contribution in [2.75, 3.05) is 19.8 Å². The lowest BCUT2D eigenvalue weighted by Gasteiger charge is -2.19. The first-order valence-corrected chi connectivity index (χ1v) is 9.57. The van der Waals surface area contributed by atoms with Crippen molar-refractivity contribution < 1.29 is 28.6 Å². The predicted octanol–water partition coefficient (Wildman–Crippen LogP) is 3.47. The molecule has 8 heteroatoms. The number of hydrogen-bond acceptors (Lipinski definition) is 7. The lowest BCUT2D eigenvalue weighted by Crippen LogP contribution is -2.42. The highest BCUT2D eigenvalue weighted by Gasteiger charge is 2.41. The van der Waals surface area contributed by atoms with Crippen LogP contribution in [-0.2, 0) is 14.3 Å². The first kappa shape index (κ1) is 20.8. The van der Waals surface area contributed by atoms with Gasteiger partial charge in [-0.05, 0) is 57.7 Å². The number of carbonyl (C=O) groups excluding carboxylic acids is 3. The number of benzene rings is 1. The van der Waals surface area contributed by atoms with Crippen LogP contribution < -0.4 is 9.47 Å². The second kappa shape index (κ2) is 9.45. The summed E-state index contributed by atoms with van der Waals surface area (Å²) in [6.45, 7) is 8.02. The van der Waals surface area contributed by atoms with Crippen LogP contribution in [0.3, 0.4) is 0 Å². The maximum atomic E-state index is 12.7. The Morgan fingerprint density at radius 2 is 1.85 bits per heavy atom. The van der Waals surface area contributed by atoms with Crippen LogP contribution in [0.4, 0.5) is 4.79 Å². The van der Waals surface area contributed by atoms with Crippen LogP contribution in [0.2, 0.25) is 0 Å². The van der Waals surface area contributed by atoms with Crippen LogP contribution in [0.25, 0.3) is 6.08 Å². The highest BCUT2D eigenvalue weighted by molar-refractivity contribution is 8.18. The van der Waals surface area contributed by atoms with Crippen molar-refractivity contribution in [3.05, 3.63) is 28.7 Å². The van der Waals surface area contributed by atoms with Crippen LogP contribution in [0.1, 0.15) is 33.3 Å². The SMILES string of the molecule is CCOC(=O)[C@@H](C)N1C(=O)S/C(=C\c2ccc(OCC)cc2OCC)C1=O. The first-order chi connectivity index (χ1) is 12.9. The third-order valence-corrected chi connectivity index (χ3v) is 4.60. The first-order valence-electron chi connectivity index (χ1n) is 8.76. The fraction of sp³-hybridized carbons (Fsp3) is 0.421. The van der Waals surface area contributed by atoms with Gasteiger partial charge in [0.25, 0.3) is 11.1 Å². The van der Waals surface area contributed by atoms with Crippen molar-refractivity contribution in [1.82, 2.24) is 4.90 Å². The molecule has 2 rings (SSSR count). The van der Waals surface area contributed by atoms with Gasteiger partial charge in [0.2, 0.25) is 0 Å². The zero-order valence-electron chi connectivity index (χ0n) is 15.8. The van der Waals surface area contributed by atoms with Gasteiger partial charge in [-0.2, -0.15) is 0 Å². The minimum Gasteiger partial charge on any atom is -0.494 e. The fourth-order valence-corrected chi connectivity index (χ4v) is 3.39. The van der Waals surface area contributed by atoms with Gasteiger partial charge in [0.15, 0.2) is 0 Å². The van der Waals surface area contributed by atoms with Crippen molar-refractivity contribution in [3.8, 4) is 11.5 Å². The lowest BCUT2D eigenvalue weighted by molar-refractivity contribution is -0.150. The number of carbonyl (C=O) groups is 3. The largest absolute Gasteiger partial charge is 0.494 e. The molecule has 1 aliphatic rings. The molecule has 0 radical (unpaired) electrons. The van der Waals surface area contributed by atoms with Crippen molar-refractivity contribution >= 4 is 35.0 Å². The maximum absolute atomic E-state index is 12.7. The molecule has 0 unspecified atom stereocenters. The monoisotopic (exact) mass is 393 g/mol. The van der Waals surface area contributed by atoms with Crippen LogP contribution >= 0.6 is 11.8 Å². The summed E-state index contributed by atoms with van der Waals surface area (Å²) < 4.78 is 16.0. The van der Waals surface area contributed by atoms with E-state index in [0.717, 1.165) is 16.7 Å². The number of amides is 2. The quantitative estimate of drug-likeness (QED) is 0.494. The molecule has 1 aromatic carbocycles. The molecule has 1 fully saturated rings. The van der Waals surface area contributed by atoms with Gasteiger partial charge in [0.1, 0.15) is 17.5 Å². The number of ether oxygens (including phenoxy) is 3. The Labute approximate surface area is 162 Å². The highest BCUT2D eigenvalue weighted by Crippen LogP contribution is 2.36. The normalized spacial score (nSPS) is 16.6. The molecule has 0 N–H and O–H groups in total. The molecule has 0 bridgehead atoms. The second-order valence-corrected chi connectivity index (χ2v) is 6.54. The molecule has 1 heterocycles. The summed E-state index contributed by atoms with van der Waals surface area (Å²) in [6, 6.07) is 4.29. The van der Waals surface area contributed by atoms with E-state index in [0.29, 0.717) is 30.3 Å². The van der Waals surface area contributed by atoms with Crippen LogP contribution in [0, 0.1) is 0 Å².